The number of aromatic nitrogens is 1. The minimum absolute atomic E-state index is 0.0472. The van der Waals surface area contributed by atoms with Crippen LogP contribution in [-0.4, -0.2) is 35.8 Å². The molecule has 3 atom stereocenters. The van der Waals surface area contributed by atoms with Crippen LogP contribution in [0.15, 0.2) is 30.6 Å². The number of hydrogen-bond acceptors (Lipinski definition) is 5. The summed E-state index contributed by atoms with van der Waals surface area (Å²) >= 11 is 12.0. The topological polar surface area (TPSA) is 69.7 Å². The second kappa shape index (κ2) is 8.30. The number of benzene rings is 1. The molecule has 0 saturated carbocycles. The summed E-state index contributed by atoms with van der Waals surface area (Å²) in [7, 11) is 0. The Labute approximate surface area is 175 Å². The van der Waals surface area contributed by atoms with E-state index in [4.69, 9.17) is 32.7 Å². The first-order chi connectivity index (χ1) is 13.9. The molecular formula is C19H16Cl2F2N2O4. The first-order valence-corrected chi connectivity index (χ1v) is 9.67. The predicted molar refractivity (Wildman–Crippen MR) is 102 cm³/mol. The monoisotopic (exact) mass is 444 g/mol. The molecule has 1 aromatic heterocycles. The molecule has 10 heteroatoms. The van der Waals surface area contributed by atoms with E-state index in [1.165, 1.54) is 30.6 Å². The van der Waals surface area contributed by atoms with Crippen LogP contribution < -0.4 is 14.8 Å². The molecule has 6 nitrogen and oxygen atoms in total. The molecule has 3 unspecified atom stereocenters. The zero-order valence-corrected chi connectivity index (χ0v) is 16.4. The fourth-order valence-corrected chi connectivity index (χ4v) is 3.99. The number of halogens is 4. The lowest BCUT2D eigenvalue weighted by atomic mass is 9.98. The number of carbonyl (C=O) groups is 1. The van der Waals surface area contributed by atoms with Gasteiger partial charge >= 0.3 is 6.61 Å². The fraction of sp³-hybridized carbons (Fsp3) is 0.368. The molecule has 2 aliphatic rings. The summed E-state index contributed by atoms with van der Waals surface area (Å²) in [5.74, 6) is -0.650. The van der Waals surface area contributed by atoms with Crippen LogP contribution in [0.3, 0.4) is 0 Å². The molecule has 2 saturated heterocycles. The number of rotatable bonds is 6. The van der Waals surface area contributed by atoms with Gasteiger partial charge in [0.2, 0.25) is 0 Å². The molecule has 1 amide bonds. The highest BCUT2D eigenvalue weighted by Crippen LogP contribution is 2.39. The molecular weight excluding hydrogens is 429 g/mol. The lowest BCUT2D eigenvalue weighted by molar-refractivity contribution is -0.0525. The van der Waals surface area contributed by atoms with Crippen LogP contribution in [0.25, 0.3) is 0 Å². The third kappa shape index (κ3) is 4.39. The Morgan fingerprint density at radius 2 is 1.97 bits per heavy atom. The summed E-state index contributed by atoms with van der Waals surface area (Å²) in [5.41, 5.74) is 0.361. The van der Waals surface area contributed by atoms with E-state index < -0.39 is 12.5 Å². The molecule has 154 valence electrons. The molecule has 2 fully saturated rings. The molecule has 4 rings (SSSR count). The summed E-state index contributed by atoms with van der Waals surface area (Å²) < 4.78 is 41.7. The van der Waals surface area contributed by atoms with E-state index in [-0.39, 0.29) is 51.1 Å². The van der Waals surface area contributed by atoms with Crippen molar-refractivity contribution in [3.8, 4) is 11.5 Å². The van der Waals surface area contributed by atoms with Crippen LogP contribution >= 0.6 is 23.2 Å². The van der Waals surface area contributed by atoms with Crippen molar-refractivity contribution in [2.24, 2.45) is 0 Å². The molecule has 29 heavy (non-hydrogen) atoms. The van der Waals surface area contributed by atoms with E-state index in [9.17, 15) is 13.6 Å². The lowest BCUT2D eigenvalue weighted by Crippen LogP contribution is -2.28. The van der Waals surface area contributed by atoms with Gasteiger partial charge in [0, 0.05) is 24.4 Å². The van der Waals surface area contributed by atoms with Gasteiger partial charge in [0.15, 0.2) is 11.5 Å². The Bertz CT molecular complexity index is 911. The number of ether oxygens (including phenoxy) is 3. The maximum absolute atomic E-state index is 12.8. The smallest absolute Gasteiger partial charge is 0.387 e. The number of alkyl halides is 2. The zero-order chi connectivity index (χ0) is 20.5. The summed E-state index contributed by atoms with van der Waals surface area (Å²) in [6.45, 7) is -3.03. The number of hydrogen-bond donors (Lipinski definition) is 1. The molecule has 1 N–H and O–H groups in total. The third-order valence-corrected chi connectivity index (χ3v) is 5.42. The summed E-state index contributed by atoms with van der Waals surface area (Å²) in [4.78, 5) is 16.5. The van der Waals surface area contributed by atoms with Crippen LogP contribution in [0, 0.1) is 0 Å². The molecule has 2 bridgehead atoms. The predicted octanol–water partition coefficient (Wildman–Crippen LogP) is 4.94. The molecule has 2 aliphatic heterocycles. The van der Waals surface area contributed by atoms with Gasteiger partial charge in [-0.15, -0.1) is 0 Å². The molecule has 1 aromatic carbocycles. The summed E-state index contributed by atoms with van der Waals surface area (Å²) in [6.07, 6.45) is 4.89. The Kier molecular flexibility index (Phi) is 5.76. The van der Waals surface area contributed by atoms with Crippen LogP contribution in [0.5, 0.6) is 11.5 Å². The minimum atomic E-state index is -3.03. The van der Waals surface area contributed by atoms with Crippen molar-refractivity contribution in [1.29, 1.82) is 0 Å². The van der Waals surface area contributed by atoms with E-state index in [0.717, 1.165) is 12.8 Å². The Morgan fingerprint density at radius 3 is 2.59 bits per heavy atom. The number of anilines is 1. The maximum Gasteiger partial charge on any atom is 0.387 e. The van der Waals surface area contributed by atoms with E-state index in [2.05, 4.69) is 15.0 Å². The van der Waals surface area contributed by atoms with Gasteiger partial charge in [0.25, 0.3) is 5.91 Å². The average Bonchev–Trinajstić information content (AvgIpc) is 3.29. The fourth-order valence-electron chi connectivity index (χ4n) is 3.53. The van der Waals surface area contributed by atoms with E-state index >= 15 is 0 Å². The van der Waals surface area contributed by atoms with Crippen LogP contribution in [-0.2, 0) is 4.74 Å². The van der Waals surface area contributed by atoms with Crippen molar-refractivity contribution in [3.63, 3.8) is 0 Å². The first kappa shape index (κ1) is 20.1. The van der Waals surface area contributed by atoms with Crippen LogP contribution in [0.2, 0.25) is 10.0 Å². The largest absolute Gasteiger partial charge is 0.484 e. The van der Waals surface area contributed by atoms with Gasteiger partial charge in [-0.3, -0.25) is 9.78 Å². The van der Waals surface area contributed by atoms with Crippen LogP contribution in [0.1, 0.15) is 29.6 Å². The zero-order valence-electron chi connectivity index (χ0n) is 14.9. The quantitative estimate of drug-likeness (QED) is 0.682. The van der Waals surface area contributed by atoms with E-state index in [1.54, 1.807) is 0 Å². The molecule has 0 aliphatic carbocycles. The number of amides is 1. The van der Waals surface area contributed by atoms with Crippen molar-refractivity contribution in [1.82, 2.24) is 4.98 Å². The molecule has 0 spiro atoms. The van der Waals surface area contributed by atoms with Crippen molar-refractivity contribution < 1.29 is 27.8 Å². The van der Waals surface area contributed by atoms with E-state index in [0.29, 0.717) is 6.42 Å². The van der Waals surface area contributed by atoms with Crippen LogP contribution in [0.4, 0.5) is 14.5 Å². The van der Waals surface area contributed by atoms with Gasteiger partial charge in [0.05, 0.1) is 27.9 Å². The average molecular weight is 445 g/mol. The number of fused-ring (bicyclic) bond motifs is 2. The number of nitrogens with one attached hydrogen (secondary N) is 1. The first-order valence-electron chi connectivity index (χ1n) is 8.92. The Morgan fingerprint density at radius 1 is 1.21 bits per heavy atom. The Balaban J connectivity index is 1.58. The summed E-state index contributed by atoms with van der Waals surface area (Å²) in [5, 5.41) is 2.92. The summed E-state index contributed by atoms with van der Waals surface area (Å²) in [6, 6.07) is 3.96. The lowest BCUT2D eigenvalue weighted by Gasteiger charge is -2.22. The SMILES string of the molecule is O=C(Nc1c(Cl)cncc1Cl)c1ccc(OC(F)F)c(OC2CC3CCC2O3)c1. The van der Waals surface area contributed by atoms with Gasteiger partial charge in [0.1, 0.15) is 6.10 Å². The van der Waals surface area contributed by atoms with E-state index in [1.807, 2.05) is 0 Å². The maximum atomic E-state index is 12.8. The van der Waals surface area contributed by atoms with Gasteiger partial charge in [-0.1, -0.05) is 23.2 Å². The van der Waals surface area contributed by atoms with Gasteiger partial charge in [-0.2, -0.15) is 8.78 Å². The molecule has 2 aromatic rings. The van der Waals surface area contributed by atoms with Gasteiger partial charge < -0.3 is 19.5 Å². The highest BCUT2D eigenvalue weighted by molar-refractivity contribution is 6.39. The standard InChI is InChI=1S/C19H16Cl2F2N2O4/c20-11-7-24-8-12(21)17(11)25-18(26)9-1-3-14(29-19(22)23)15(5-9)28-16-6-10-2-4-13(16)27-10/h1,3,5,7-8,10,13,16,19H,2,4,6H2,(H,24,25,26). The van der Waals surface area contributed by atoms with Gasteiger partial charge in [-0.25, -0.2) is 0 Å². The van der Waals surface area contributed by atoms with Crippen molar-refractivity contribution in [3.05, 3.63) is 46.2 Å². The number of nitrogens with zero attached hydrogens (tertiary/aromatic N) is 1. The highest BCUT2D eigenvalue weighted by atomic mass is 35.5. The minimum Gasteiger partial charge on any atom is -0.484 e. The normalized spacial score (nSPS) is 22.7. The number of carbonyl (C=O) groups excluding carboxylic acids is 1. The second-order valence-electron chi connectivity index (χ2n) is 6.74. The van der Waals surface area contributed by atoms with Gasteiger partial charge in [-0.05, 0) is 31.0 Å². The van der Waals surface area contributed by atoms with Crippen molar-refractivity contribution in [2.45, 2.75) is 44.2 Å². The highest BCUT2D eigenvalue weighted by Gasteiger charge is 2.42. The Hall–Kier alpha value is -2.16. The van der Waals surface area contributed by atoms with Crippen molar-refractivity contribution in [2.75, 3.05) is 5.32 Å². The second-order valence-corrected chi connectivity index (χ2v) is 7.55. The molecule has 3 heterocycles. The molecule has 0 radical (unpaired) electrons. The third-order valence-electron chi connectivity index (χ3n) is 4.84. The van der Waals surface area contributed by atoms with Crippen molar-refractivity contribution >= 4 is 34.8 Å². The number of pyridine rings is 1.